The molecule has 0 unspecified atom stereocenters. The van der Waals surface area contributed by atoms with Crippen LogP contribution in [0.3, 0.4) is 0 Å². The summed E-state index contributed by atoms with van der Waals surface area (Å²) in [5.74, 6) is 0.0721. The van der Waals surface area contributed by atoms with E-state index in [1.165, 1.54) is 18.5 Å². The van der Waals surface area contributed by atoms with E-state index in [0.29, 0.717) is 17.9 Å². The van der Waals surface area contributed by atoms with Crippen molar-refractivity contribution in [1.82, 2.24) is 15.3 Å². The molecule has 2 rings (SSSR count). The van der Waals surface area contributed by atoms with Crippen LogP contribution in [0.15, 0.2) is 36.8 Å². The molecule has 0 bridgehead atoms. The number of amides is 1. The van der Waals surface area contributed by atoms with Crippen molar-refractivity contribution >= 4 is 12.1 Å². The first-order valence-electron chi connectivity index (χ1n) is 8.33. The minimum Gasteiger partial charge on any atom is -0.434 e. The van der Waals surface area contributed by atoms with Crippen LogP contribution in [0.25, 0.3) is 0 Å². The Balaban J connectivity index is 2.00. The van der Waals surface area contributed by atoms with Gasteiger partial charge in [0.15, 0.2) is 0 Å². The van der Waals surface area contributed by atoms with Gasteiger partial charge in [-0.15, -0.1) is 0 Å². The van der Waals surface area contributed by atoms with E-state index in [4.69, 9.17) is 9.47 Å². The number of carbonyl (C=O) groups is 2. The Hall–Kier alpha value is -2.96. The Morgan fingerprint density at radius 3 is 2.46 bits per heavy atom. The van der Waals surface area contributed by atoms with Crippen molar-refractivity contribution in [2.45, 2.75) is 39.7 Å². The van der Waals surface area contributed by atoms with E-state index in [2.05, 4.69) is 36.1 Å². The molecule has 0 aliphatic rings. The van der Waals surface area contributed by atoms with Gasteiger partial charge in [0, 0.05) is 29.3 Å². The monoisotopic (exact) mass is 357 g/mol. The molecular formula is C19H23N3O4. The standard InChI is InChI=1S/C19H23N3O4/c1-5-25-18(24)26-15-8-6-13(7-9-15)17(23)21-11-14-10-20-12-22-16(14)19(2,3)4/h6-10,12H,5,11H2,1-4H3,(H,21,23). The summed E-state index contributed by atoms with van der Waals surface area (Å²) in [7, 11) is 0. The molecule has 1 aromatic carbocycles. The van der Waals surface area contributed by atoms with Crippen molar-refractivity contribution in [3.8, 4) is 5.75 Å². The van der Waals surface area contributed by atoms with Crippen LogP contribution in [-0.2, 0) is 16.7 Å². The lowest BCUT2D eigenvalue weighted by Gasteiger charge is -2.21. The molecule has 0 aliphatic carbocycles. The molecule has 0 fully saturated rings. The highest BCUT2D eigenvalue weighted by molar-refractivity contribution is 5.94. The summed E-state index contributed by atoms with van der Waals surface area (Å²) in [6.07, 6.45) is 2.45. The Morgan fingerprint density at radius 2 is 1.85 bits per heavy atom. The third kappa shape index (κ3) is 5.27. The van der Waals surface area contributed by atoms with Gasteiger partial charge in [-0.2, -0.15) is 0 Å². The van der Waals surface area contributed by atoms with Crippen LogP contribution < -0.4 is 10.1 Å². The number of nitrogens with one attached hydrogen (secondary N) is 1. The maximum absolute atomic E-state index is 12.3. The van der Waals surface area contributed by atoms with Crippen LogP contribution in [0, 0.1) is 0 Å². The smallest absolute Gasteiger partial charge is 0.434 e. The quantitative estimate of drug-likeness (QED) is 0.652. The molecule has 0 saturated carbocycles. The molecule has 0 atom stereocenters. The second kappa shape index (κ2) is 8.42. The fraction of sp³-hybridized carbons (Fsp3) is 0.368. The number of benzene rings is 1. The number of nitrogens with zero attached hydrogens (tertiary/aromatic N) is 2. The van der Waals surface area contributed by atoms with Gasteiger partial charge in [0.1, 0.15) is 12.1 Å². The molecule has 1 N–H and O–H groups in total. The van der Waals surface area contributed by atoms with Gasteiger partial charge in [0.2, 0.25) is 0 Å². The lowest BCUT2D eigenvalue weighted by molar-refractivity contribution is 0.0950. The van der Waals surface area contributed by atoms with E-state index in [9.17, 15) is 9.59 Å². The van der Waals surface area contributed by atoms with Gasteiger partial charge in [-0.25, -0.2) is 14.8 Å². The van der Waals surface area contributed by atoms with E-state index in [1.54, 1.807) is 25.3 Å². The van der Waals surface area contributed by atoms with Crippen LogP contribution in [0.4, 0.5) is 4.79 Å². The van der Waals surface area contributed by atoms with Crippen molar-refractivity contribution in [3.63, 3.8) is 0 Å². The molecule has 1 amide bonds. The molecule has 26 heavy (non-hydrogen) atoms. The molecule has 0 radical (unpaired) electrons. The number of hydrogen-bond donors (Lipinski definition) is 1. The predicted molar refractivity (Wildman–Crippen MR) is 96.0 cm³/mol. The van der Waals surface area contributed by atoms with Gasteiger partial charge in [0.05, 0.1) is 12.3 Å². The largest absolute Gasteiger partial charge is 0.513 e. The Kier molecular flexibility index (Phi) is 6.27. The number of ether oxygens (including phenoxy) is 2. The Bertz CT molecular complexity index is 767. The lowest BCUT2D eigenvalue weighted by Crippen LogP contribution is -2.26. The summed E-state index contributed by atoms with van der Waals surface area (Å²) in [5.41, 5.74) is 2.08. The topological polar surface area (TPSA) is 90.4 Å². The third-order valence-corrected chi connectivity index (χ3v) is 3.52. The van der Waals surface area contributed by atoms with Gasteiger partial charge >= 0.3 is 6.16 Å². The molecule has 0 spiro atoms. The molecule has 7 nitrogen and oxygen atoms in total. The molecular weight excluding hydrogens is 334 g/mol. The van der Waals surface area contributed by atoms with Crippen LogP contribution in [0.2, 0.25) is 0 Å². The summed E-state index contributed by atoms with van der Waals surface area (Å²) >= 11 is 0. The SMILES string of the molecule is CCOC(=O)Oc1ccc(C(=O)NCc2cncnc2C(C)(C)C)cc1. The molecule has 0 saturated heterocycles. The van der Waals surface area contributed by atoms with Gasteiger partial charge in [-0.05, 0) is 31.2 Å². The first kappa shape index (κ1) is 19.4. The summed E-state index contributed by atoms with van der Waals surface area (Å²) < 4.78 is 9.66. The molecule has 0 aliphatic heterocycles. The molecule has 7 heteroatoms. The van der Waals surface area contributed by atoms with Crippen LogP contribution in [0.1, 0.15) is 49.3 Å². The van der Waals surface area contributed by atoms with Crippen molar-refractivity contribution in [2.75, 3.05) is 6.61 Å². The summed E-state index contributed by atoms with van der Waals surface area (Å²) in [4.78, 5) is 32.0. The maximum Gasteiger partial charge on any atom is 0.513 e. The van der Waals surface area contributed by atoms with E-state index in [1.807, 2.05) is 0 Å². The van der Waals surface area contributed by atoms with E-state index in [-0.39, 0.29) is 17.9 Å². The molecule has 1 heterocycles. The zero-order valence-electron chi connectivity index (χ0n) is 15.4. The molecule has 2 aromatic rings. The van der Waals surface area contributed by atoms with Crippen LogP contribution in [0.5, 0.6) is 5.75 Å². The fourth-order valence-corrected chi connectivity index (χ4v) is 2.36. The molecule has 1 aromatic heterocycles. The van der Waals surface area contributed by atoms with Gasteiger partial charge in [-0.1, -0.05) is 20.8 Å². The number of hydrogen-bond acceptors (Lipinski definition) is 6. The fourth-order valence-electron chi connectivity index (χ4n) is 2.36. The van der Waals surface area contributed by atoms with E-state index in [0.717, 1.165) is 11.3 Å². The Morgan fingerprint density at radius 1 is 1.15 bits per heavy atom. The minimum absolute atomic E-state index is 0.144. The summed E-state index contributed by atoms with van der Waals surface area (Å²) in [6, 6.07) is 6.24. The van der Waals surface area contributed by atoms with Crippen molar-refractivity contribution in [2.24, 2.45) is 0 Å². The number of rotatable bonds is 5. The second-order valence-electron chi connectivity index (χ2n) is 6.64. The third-order valence-electron chi connectivity index (χ3n) is 3.52. The maximum atomic E-state index is 12.3. The predicted octanol–water partition coefficient (Wildman–Crippen LogP) is 3.24. The van der Waals surface area contributed by atoms with Crippen LogP contribution in [-0.4, -0.2) is 28.6 Å². The first-order chi connectivity index (χ1) is 12.3. The van der Waals surface area contributed by atoms with Crippen molar-refractivity contribution in [3.05, 3.63) is 53.6 Å². The van der Waals surface area contributed by atoms with E-state index < -0.39 is 6.16 Å². The summed E-state index contributed by atoms with van der Waals surface area (Å²) in [5, 5.41) is 2.86. The first-order valence-corrected chi connectivity index (χ1v) is 8.33. The lowest BCUT2D eigenvalue weighted by atomic mass is 9.89. The van der Waals surface area contributed by atoms with Crippen molar-refractivity contribution in [1.29, 1.82) is 0 Å². The highest BCUT2D eigenvalue weighted by atomic mass is 16.7. The highest BCUT2D eigenvalue weighted by Crippen LogP contribution is 2.22. The average Bonchev–Trinajstić information content (AvgIpc) is 2.60. The van der Waals surface area contributed by atoms with Gasteiger partial charge < -0.3 is 14.8 Å². The van der Waals surface area contributed by atoms with Crippen molar-refractivity contribution < 1.29 is 19.1 Å². The number of aromatic nitrogens is 2. The zero-order chi connectivity index (χ0) is 19.2. The highest BCUT2D eigenvalue weighted by Gasteiger charge is 2.20. The zero-order valence-corrected chi connectivity index (χ0v) is 15.4. The summed E-state index contributed by atoms with van der Waals surface area (Å²) in [6.45, 7) is 8.43. The van der Waals surface area contributed by atoms with Crippen LogP contribution >= 0.6 is 0 Å². The minimum atomic E-state index is -0.775. The number of carbonyl (C=O) groups excluding carboxylic acids is 2. The normalized spacial score (nSPS) is 10.9. The Labute approximate surface area is 152 Å². The second-order valence-corrected chi connectivity index (χ2v) is 6.64. The molecule has 138 valence electrons. The van der Waals surface area contributed by atoms with Gasteiger partial charge in [0.25, 0.3) is 5.91 Å². The average molecular weight is 357 g/mol. The van der Waals surface area contributed by atoms with E-state index >= 15 is 0 Å². The van der Waals surface area contributed by atoms with Gasteiger partial charge in [-0.3, -0.25) is 4.79 Å².